The SMILES string of the molecule is CCCc1ncc(C(=O)Nc2ccc(CC(=O)O)cc2)s1. The maximum Gasteiger partial charge on any atom is 0.307 e. The van der Waals surface area contributed by atoms with Gasteiger partial charge in [0.25, 0.3) is 5.91 Å². The number of rotatable bonds is 6. The van der Waals surface area contributed by atoms with Crippen LogP contribution in [0.4, 0.5) is 5.69 Å². The highest BCUT2D eigenvalue weighted by atomic mass is 32.1. The molecule has 0 aliphatic heterocycles. The van der Waals surface area contributed by atoms with Crippen molar-refractivity contribution in [3.63, 3.8) is 0 Å². The Labute approximate surface area is 126 Å². The highest BCUT2D eigenvalue weighted by Gasteiger charge is 2.10. The van der Waals surface area contributed by atoms with Crippen molar-refractivity contribution in [2.24, 2.45) is 0 Å². The van der Waals surface area contributed by atoms with Crippen molar-refractivity contribution in [2.45, 2.75) is 26.2 Å². The lowest BCUT2D eigenvalue weighted by Gasteiger charge is -2.04. The number of nitrogens with zero attached hydrogens (tertiary/aromatic N) is 1. The summed E-state index contributed by atoms with van der Waals surface area (Å²) in [5.74, 6) is -1.07. The third-order valence-corrected chi connectivity index (χ3v) is 3.86. The van der Waals surface area contributed by atoms with Crippen molar-refractivity contribution < 1.29 is 14.7 Å². The Kier molecular flexibility index (Phi) is 5.05. The largest absolute Gasteiger partial charge is 0.481 e. The number of thiazole rings is 1. The molecule has 5 nitrogen and oxygen atoms in total. The monoisotopic (exact) mass is 304 g/mol. The highest BCUT2D eigenvalue weighted by molar-refractivity contribution is 7.13. The second kappa shape index (κ2) is 6.99. The lowest BCUT2D eigenvalue weighted by atomic mass is 10.1. The molecule has 0 saturated heterocycles. The average molecular weight is 304 g/mol. The Bertz CT molecular complexity index is 635. The summed E-state index contributed by atoms with van der Waals surface area (Å²) in [5.41, 5.74) is 1.34. The third-order valence-electron chi connectivity index (χ3n) is 2.81. The lowest BCUT2D eigenvalue weighted by molar-refractivity contribution is -0.136. The van der Waals surface area contributed by atoms with Crippen molar-refractivity contribution >= 4 is 28.9 Å². The number of nitrogens with one attached hydrogen (secondary N) is 1. The van der Waals surface area contributed by atoms with Gasteiger partial charge in [-0.15, -0.1) is 11.3 Å². The number of benzene rings is 1. The fraction of sp³-hybridized carbons (Fsp3) is 0.267. The molecular formula is C15H16N2O3S. The van der Waals surface area contributed by atoms with Crippen LogP contribution in [-0.4, -0.2) is 22.0 Å². The van der Waals surface area contributed by atoms with Crippen molar-refractivity contribution in [3.05, 3.63) is 45.9 Å². The minimum absolute atomic E-state index is 0.0244. The normalized spacial score (nSPS) is 10.3. The minimum Gasteiger partial charge on any atom is -0.481 e. The molecule has 1 heterocycles. The van der Waals surface area contributed by atoms with Crippen LogP contribution in [0.1, 0.15) is 33.6 Å². The first-order valence-electron chi connectivity index (χ1n) is 6.65. The predicted octanol–water partition coefficient (Wildman–Crippen LogP) is 2.98. The second-order valence-corrected chi connectivity index (χ2v) is 5.71. The van der Waals surface area contributed by atoms with Gasteiger partial charge in [0.15, 0.2) is 0 Å². The molecule has 0 spiro atoms. The zero-order valence-corrected chi connectivity index (χ0v) is 12.4. The van der Waals surface area contributed by atoms with Gasteiger partial charge in [0.2, 0.25) is 0 Å². The van der Waals surface area contributed by atoms with E-state index in [4.69, 9.17) is 5.11 Å². The third kappa shape index (κ3) is 4.39. The molecule has 21 heavy (non-hydrogen) atoms. The molecule has 110 valence electrons. The van der Waals surface area contributed by atoms with E-state index in [-0.39, 0.29) is 12.3 Å². The van der Waals surface area contributed by atoms with Gasteiger partial charge in [-0.25, -0.2) is 4.98 Å². The van der Waals surface area contributed by atoms with E-state index < -0.39 is 5.97 Å². The molecule has 2 N–H and O–H groups in total. The van der Waals surface area contributed by atoms with Crippen LogP contribution in [0.2, 0.25) is 0 Å². The van der Waals surface area contributed by atoms with E-state index in [9.17, 15) is 9.59 Å². The number of aryl methyl sites for hydroxylation is 1. The molecule has 0 unspecified atom stereocenters. The van der Waals surface area contributed by atoms with Gasteiger partial charge in [0.05, 0.1) is 17.6 Å². The molecule has 6 heteroatoms. The van der Waals surface area contributed by atoms with Gasteiger partial charge in [0.1, 0.15) is 4.88 Å². The summed E-state index contributed by atoms with van der Waals surface area (Å²) in [6.07, 6.45) is 3.44. The van der Waals surface area contributed by atoms with Crippen molar-refractivity contribution in [2.75, 3.05) is 5.32 Å². The van der Waals surface area contributed by atoms with Crippen LogP contribution in [0.15, 0.2) is 30.5 Å². The Morgan fingerprint density at radius 2 is 2.00 bits per heavy atom. The van der Waals surface area contributed by atoms with Gasteiger partial charge in [-0.3, -0.25) is 9.59 Å². The number of aromatic nitrogens is 1. The van der Waals surface area contributed by atoms with Crippen LogP contribution in [0.25, 0.3) is 0 Å². The summed E-state index contributed by atoms with van der Waals surface area (Å²) in [6.45, 7) is 2.07. The molecule has 0 saturated carbocycles. The molecule has 1 aromatic heterocycles. The fourth-order valence-corrected chi connectivity index (χ4v) is 2.73. The van der Waals surface area contributed by atoms with Crippen LogP contribution in [0.5, 0.6) is 0 Å². The van der Waals surface area contributed by atoms with Crippen molar-refractivity contribution in [3.8, 4) is 0 Å². The van der Waals surface area contributed by atoms with Crippen LogP contribution in [-0.2, 0) is 17.6 Å². The molecule has 0 atom stereocenters. The Balaban J connectivity index is 1.99. The first-order chi connectivity index (χ1) is 10.1. The maximum atomic E-state index is 12.1. The average Bonchev–Trinajstić information content (AvgIpc) is 2.89. The van der Waals surface area contributed by atoms with Crippen LogP contribution in [0.3, 0.4) is 0 Å². The molecular weight excluding hydrogens is 288 g/mol. The van der Waals surface area contributed by atoms with E-state index in [0.29, 0.717) is 16.1 Å². The number of anilines is 1. The second-order valence-electron chi connectivity index (χ2n) is 4.59. The molecule has 1 aromatic carbocycles. The number of amides is 1. The summed E-state index contributed by atoms with van der Waals surface area (Å²) < 4.78 is 0. The topological polar surface area (TPSA) is 79.3 Å². The zero-order valence-electron chi connectivity index (χ0n) is 11.6. The van der Waals surface area contributed by atoms with E-state index >= 15 is 0 Å². The number of carboxylic acids is 1. The quantitative estimate of drug-likeness (QED) is 0.860. The first kappa shape index (κ1) is 15.2. The summed E-state index contributed by atoms with van der Waals surface area (Å²) in [6, 6.07) is 6.78. The van der Waals surface area contributed by atoms with E-state index in [0.717, 1.165) is 17.8 Å². The molecule has 0 bridgehead atoms. The fourth-order valence-electron chi connectivity index (χ4n) is 1.82. The predicted molar refractivity (Wildman–Crippen MR) is 81.8 cm³/mol. The number of carbonyl (C=O) groups is 2. The Hall–Kier alpha value is -2.21. The van der Waals surface area contributed by atoms with Crippen LogP contribution < -0.4 is 5.32 Å². The van der Waals surface area contributed by atoms with Crippen LogP contribution >= 0.6 is 11.3 Å². The Morgan fingerprint density at radius 3 is 2.62 bits per heavy atom. The summed E-state index contributed by atoms with van der Waals surface area (Å²) in [4.78, 5) is 27.4. The molecule has 0 fully saturated rings. The van der Waals surface area contributed by atoms with Crippen molar-refractivity contribution in [1.82, 2.24) is 4.98 Å². The van der Waals surface area contributed by atoms with Gasteiger partial charge < -0.3 is 10.4 Å². The Morgan fingerprint density at radius 1 is 1.29 bits per heavy atom. The van der Waals surface area contributed by atoms with Crippen LogP contribution in [0, 0.1) is 0 Å². The molecule has 2 aromatic rings. The number of aliphatic carboxylic acids is 1. The van der Waals surface area contributed by atoms with Gasteiger partial charge in [-0.05, 0) is 30.5 Å². The molecule has 1 amide bonds. The molecule has 0 aliphatic carbocycles. The van der Waals surface area contributed by atoms with Gasteiger partial charge in [0, 0.05) is 5.69 Å². The van der Waals surface area contributed by atoms with E-state index in [1.165, 1.54) is 11.3 Å². The number of carbonyl (C=O) groups excluding carboxylic acids is 1. The first-order valence-corrected chi connectivity index (χ1v) is 7.47. The minimum atomic E-state index is -0.875. The number of hydrogen-bond donors (Lipinski definition) is 2. The van der Waals surface area contributed by atoms with E-state index in [1.54, 1.807) is 30.5 Å². The van der Waals surface area contributed by atoms with Gasteiger partial charge in [-0.1, -0.05) is 19.1 Å². The lowest BCUT2D eigenvalue weighted by Crippen LogP contribution is -2.10. The smallest absolute Gasteiger partial charge is 0.307 e. The van der Waals surface area contributed by atoms with Gasteiger partial charge in [-0.2, -0.15) is 0 Å². The molecule has 0 aliphatic rings. The molecule has 2 rings (SSSR count). The number of hydrogen-bond acceptors (Lipinski definition) is 4. The standard InChI is InChI=1S/C15H16N2O3S/c1-2-3-13-16-9-12(21-13)15(20)17-11-6-4-10(5-7-11)8-14(18)19/h4-7,9H,2-3,8H2,1H3,(H,17,20)(H,18,19). The maximum absolute atomic E-state index is 12.1. The van der Waals surface area contributed by atoms with E-state index in [1.807, 2.05) is 0 Å². The molecule has 0 radical (unpaired) electrons. The summed E-state index contributed by atoms with van der Waals surface area (Å²) in [7, 11) is 0. The van der Waals surface area contributed by atoms with E-state index in [2.05, 4.69) is 17.2 Å². The van der Waals surface area contributed by atoms with Crippen molar-refractivity contribution in [1.29, 1.82) is 0 Å². The summed E-state index contributed by atoms with van der Waals surface area (Å²) in [5, 5.41) is 12.4. The zero-order chi connectivity index (χ0) is 15.2. The summed E-state index contributed by atoms with van der Waals surface area (Å²) >= 11 is 1.40. The van der Waals surface area contributed by atoms with Gasteiger partial charge >= 0.3 is 5.97 Å². The highest BCUT2D eigenvalue weighted by Crippen LogP contribution is 2.17. The number of carboxylic acid groups (broad SMARTS) is 1.